The molecular weight excluding hydrogens is 432 g/mol. The van der Waals surface area contributed by atoms with Crippen LogP contribution in [0.3, 0.4) is 0 Å². The molecule has 34 heavy (non-hydrogen) atoms. The monoisotopic (exact) mass is 462 g/mol. The van der Waals surface area contributed by atoms with Gasteiger partial charge < -0.3 is 23.8 Å². The summed E-state index contributed by atoms with van der Waals surface area (Å²) in [7, 11) is 3.13. The van der Waals surface area contributed by atoms with Crippen LogP contribution in [0.4, 0.5) is 0 Å². The molecule has 0 spiro atoms. The zero-order chi connectivity index (χ0) is 23.8. The van der Waals surface area contributed by atoms with Crippen molar-refractivity contribution in [3.8, 4) is 17.2 Å². The van der Waals surface area contributed by atoms with E-state index in [1.54, 1.807) is 43.5 Å². The lowest BCUT2D eigenvalue weighted by Gasteiger charge is -2.24. The van der Waals surface area contributed by atoms with Crippen molar-refractivity contribution in [1.29, 1.82) is 0 Å². The first kappa shape index (κ1) is 23.6. The van der Waals surface area contributed by atoms with Gasteiger partial charge in [-0.2, -0.15) is 0 Å². The molecule has 0 N–H and O–H groups in total. The molecule has 2 heterocycles. The van der Waals surface area contributed by atoms with Crippen LogP contribution in [0.15, 0.2) is 66.9 Å². The molecule has 1 fully saturated rings. The van der Waals surface area contributed by atoms with Crippen molar-refractivity contribution in [2.45, 2.75) is 19.5 Å². The van der Waals surface area contributed by atoms with Crippen LogP contribution in [0.1, 0.15) is 28.0 Å². The van der Waals surface area contributed by atoms with Crippen LogP contribution in [0, 0.1) is 5.92 Å². The number of amides is 1. The molecule has 0 radical (unpaired) electrons. The second kappa shape index (κ2) is 11.5. The Hall–Kier alpha value is -3.58. The Bertz CT molecular complexity index is 1080. The minimum atomic E-state index is -0.171. The number of hydrogen-bond acceptors (Lipinski definition) is 6. The third-order valence-electron chi connectivity index (χ3n) is 5.78. The molecule has 1 amide bonds. The van der Waals surface area contributed by atoms with E-state index < -0.39 is 0 Å². The quantitative estimate of drug-likeness (QED) is 0.446. The van der Waals surface area contributed by atoms with E-state index in [1.807, 2.05) is 42.5 Å². The van der Waals surface area contributed by atoms with Crippen molar-refractivity contribution in [3.05, 3.63) is 83.7 Å². The molecule has 1 saturated heterocycles. The van der Waals surface area contributed by atoms with Gasteiger partial charge in [0.05, 0.1) is 45.2 Å². The Morgan fingerprint density at radius 3 is 2.68 bits per heavy atom. The average molecular weight is 463 g/mol. The Morgan fingerprint density at radius 1 is 1.03 bits per heavy atom. The van der Waals surface area contributed by atoms with Crippen molar-refractivity contribution in [2.75, 3.05) is 34.0 Å². The van der Waals surface area contributed by atoms with Gasteiger partial charge in [-0.25, -0.2) is 0 Å². The summed E-state index contributed by atoms with van der Waals surface area (Å²) in [5.41, 5.74) is 2.20. The van der Waals surface area contributed by atoms with Crippen LogP contribution in [0.25, 0.3) is 0 Å². The maximum Gasteiger partial charge on any atom is 0.258 e. The lowest BCUT2D eigenvalue weighted by Crippen LogP contribution is -2.31. The van der Waals surface area contributed by atoms with Crippen LogP contribution >= 0.6 is 0 Å². The normalized spacial score (nSPS) is 15.1. The molecule has 0 saturated carbocycles. The lowest BCUT2D eigenvalue weighted by atomic mass is 10.1. The van der Waals surface area contributed by atoms with Crippen molar-refractivity contribution in [3.63, 3.8) is 0 Å². The molecular formula is C27H30N2O5. The van der Waals surface area contributed by atoms with Crippen LogP contribution in [0.5, 0.6) is 17.2 Å². The van der Waals surface area contributed by atoms with Gasteiger partial charge >= 0.3 is 0 Å². The smallest absolute Gasteiger partial charge is 0.258 e. The Morgan fingerprint density at radius 2 is 1.94 bits per heavy atom. The fraction of sp³-hybridized carbons (Fsp3) is 0.333. The van der Waals surface area contributed by atoms with E-state index in [0.717, 1.165) is 36.6 Å². The zero-order valence-corrected chi connectivity index (χ0v) is 19.6. The SMILES string of the molecule is COc1ccc(OC)c(C(=O)N(Cc2cccc(OC[C@@H]3CCOC3)c2)Cc2ccccn2)c1. The van der Waals surface area contributed by atoms with Crippen LogP contribution < -0.4 is 14.2 Å². The van der Waals surface area contributed by atoms with Crippen molar-refractivity contribution in [2.24, 2.45) is 5.92 Å². The highest BCUT2D eigenvalue weighted by atomic mass is 16.5. The summed E-state index contributed by atoms with van der Waals surface area (Å²) < 4.78 is 22.3. The fourth-order valence-electron chi connectivity index (χ4n) is 3.92. The second-order valence-corrected chi connectivity index (χ2v) is 8.24. The molecule has 1 atom stereocenters. The van der Waals surface area contributed by atoms with Gasteiger partial charge in [-0.05, 0) is 54.4 Å². The predicted molar refractivity (Wildman–Crippen MR) is 128 cm³/mol. The van der Waals surface area contributed by atoms with Gasteiger partial charge in [0.25, 0.3) is 5.91 Å². The van der Waals surface area contributed by atoms with Crippen molar-refractivity contribution >= 4 is 5.91 Å². The van der Waals surface area contributed by atoms with Crippen LogP contribution in [-0.2, 0) is 17.8 Å². The third-order valence-corrected chi connectivity index (χ3v) is 5.78. The van der Waals surface area contributed by atoms with E-state index in [1.165, 1.54) is 0 Å². The van der Waals surface area contributed by atoms with Crippen LogP contribution in [-0.4, -0.2) is 49.8 Å². The first-order chi connectivity index (χ1) is 16.7. The highest BCUT2D eigenvalue weighted by Gasteiger charge is 2.22. The number of carbonyl (C=O) groups is 1. The van der Waals surface area contributed by atoms with Crippen molar-refractivity contribution in [1.82, 2.24) is 9.88 Å². The minimum Gasteiger partial charge on any atom is -0.497 e. The molecule has 1 aliphatic heterocycles. The summed E-state index contributed by atoms with van der Waals surface area (Å²) in [5, 5.41) is 0. The Kier molecular flexibility index (Phi) is 7.99. The largest absolute Gasteiger partial charge is 0.497 e. The molecule has 0 unspecified atom stereocenters. The van der Waals surface area contributed by atoms with E-state index in [9.17, 15) is 4.79 Å². The Labute approximate surface area is 200 Å². The first-order valence-electron chi connectivity index (χ1n) is 11.4. The molecule has 0 aliphatic carbocycles. The predicted octanol–water partition coefficient (Wildman–Crippen LogP) is 4.36. The number of aromatic nitrogens is 1. The molecule has 0 bridgehead atoms. The summed E-state index contributed by atoms with van der Waals surface area (Å²) in [4.78, 5) is 19.9. The van der Waals surface area contributed by atoms with Gasteiger partial charge in [0.1, 0.15) is 17.2 Å². The summed E-state index contributed by atoms with van der Waals surface area (Å²) >= 11 is 0. The number of ether oxygens (including phenoxy) is 4. The van der Waals surface area contributed by atoms with Gasteiger partial charge in [0.15, 0.2) is 0 Å². The van der Waals surface area contributed by atoms with Crippen LogP contribution in [0.2, 0.25) is 0 Å². The molecule has 7 nitrogen and oxygen atoms in total. The van der Waals surface area contributed by atoms with Gasteiger partial charge in [-0.3, -0.25) is 9.78 Å². The number of pyridine rings is 1. The maximum absolute atomic E-state index is 13.7. The average Bonchev–Trinajstić information content (AvgIpc) is 3.41. The summed E-state index contributed by atoms with van der Waals surface area (Å²) in [6.45, 7) is 2.91. The second-order valence-electron chi connectivity index (χ2n) is 8.24. The van der Waals surface area contributed by atoms with E-state index in [0.29, 0.717) is 42.7 Å². The van der Waals surface area contributed by atoms with Gasteiger partial charge in [0.2, 0.25) is 0 Å². The number of methoxy groups -OCH3 is 2. The fourth-order valence-corrected chi connectivity index (χ4v) is 3.92. The zero-order valence-electron chi connectivity index (χ0n) is 19.6. The molecule has 2 aromatic carbocycles. The highest BCUT2D eigenvalue weighted by Crippen LogP contribution is 2.27. The first-order valence-corrected chi connectivity index (χ1v) is 11.4. The van der Waals surface area contributed by atoms with E-state index >= 15 is 0 Å². The standard InChI is InChI=1S/C27H30N2O5/c1-31-23-9-10-26(32-2)25(15-23)27(30)29(17-22-7-3-4-12-28-22)16-20-6-5-8-24(14-20)34-19-21-11-13-33-18-21/h3-10,12,14-15,21H,11,13,16-19H2,1-2H3/t21-/m1/s1. The van der Waals surface area contributed by atoms with Crippen molar-refractivity contribution < 1.29 is 23.7 Å². The number of benzene rings is 2. The number of hydrogen-bond donors (Lipinski definition) is 0. The van der Waals surface area contributed by atoms with Gasteiger partial charge in [-0.1, -0.05) is 18.2 Å². The van der Waals surface area contributed by atoms with Gasteiger partial charge in [-0.15, -0.1) is 0 Å². The van der Waals surface area contributed by atoms with Gasteiger partial charge in [0, 0.05) is 25.3 Å². The van der Waals surface area contributed by atoms with E-state index in [-0.39, 0.29) is 5.91 Å². The molecule has 3 aromatic rings. The van der Waals surface area contributed by atoms with E-state index in [2.05, 4.69) is 4.98 Å². The topological polar surface area (TPSA) is 70.1 Å². The van der Waals surface area contributed by atoms with E-state index in [4.69, 9.17) is 18.9 Å². The molecule has 1 aliphatic rings. The summed E-state index contributed by atoms with van der Waals surface area (Å²) in [6.07, 6.45) is 2.75. The molecule has 178 valence electrons. The minimum absolute atomic E-state index is 0.171. The Balaban J connectivity index is 1.57. The molecule has 7 heteroatoms. The number of carbonyl (C=O) groups excluding carboxylic acids is 1. The number of rotatable bonds is 10. The lowest BCUT2D eigenvalue weighted by molar-refractivity contribution is 0.0723. The molecule has 4 rings (SSSR count). The maximum atomic E-state index is 13.7. The third kappa shape index (κ3) is 6.05. The summed E-state index contributed by atoms with van der Waals surface area (Å²) in [6, 6.07) is 18.8. The number of nitrogens with zero attached hydrogens (tertiary/aromatic N) is 2. The summed E-state index contributed by atoms with van der Waals surface area (Å²) in [5.74, 6) is 2.12. The highest BCUT2D eigenvalue weighted by molar-refractivity contribution is 5.97. The molecule has 1 aromatic heterocycles.